The van der Waals surface area contributed by atoms with Crippen LogP contribution in [0.15, 0.2) is 65.7 Å². The summed E-state index contributed by atoms with van der Waals surface area (Å²) in [6.45, 7) is 4.02. The number of halogens is 1. The van der Waals surface area contributed by atoms with Gasteiger partial charge in [0.05, 0.1) is 16.3 Å². The lowest BCUT2D eigenvalue weighted by Crippen LogP contribution is -2.60. The van der Waals surface area contributed by atoms with Crippen LogP contribution in [-0.2, 0) is 25.0 Å². The molecule has 210 valence electrons. The molecule has 0 saturated carbocycles. The van der Waals surface area contributed by atoms with Crippen molar-refractivity contribution in [3.8, 4) is 0 Å². The van der Waals surface area contributed by atoms with Gasteiger partial charge < -0.3 is 20.6 Å². The van der Waals surface area contributed by atoms with Crippen LogP contribution < -0.4 is 10.6 Å². The third-order valence-electron chi connectivity index (χ3n) is 7.17. The highest BCUT2D eigenvalue weighted by atomic mass is 35.5. The van der Waals surface area contributed by atoms with Crippen molar-refractivity contribution in [3.05, 3.63) is 71.5 Å². The number of carbonyl (C=O) groups is 2. The summed E-state index contributed by atoms with van der Waals surface area (Å²) in [7, 11) is -3.76. The summed E-state index contributed by atoms with van der Waals surface area (Å²) in [5.41, 5.74) is 5.70. The molecule has 1 unspecified atom stereocenters. The summed E-state index contributed by atoms with van der Waals surface area (Å²) in [6, 6.07) is 14.5. The lowest BCUT2D eigenvalue weighted by atomic mass is 10.1. The van der Waals surface area contributed by atoms with E-state index in [1.54, 1.807) is 50.4 Å². The summed E-state index contributed by atoms with van der Waals surface area (Å²) in [4.78, 5) is 33.5. The lowest BCUT2D eigenvalue weighted by molar-refractivity contribution is -0.139. The van der Waals surface area contributed by atoms with Gasteiger partial charge in [-0.05, 0) is 61.0 Å². The zero-order valence-corrected chi connectivity index (χ0v) is 23.7. The van der Waals surface area contributed by atoms with Crippen molar-refractivity contribution < 1.29 is 23.1 Å². The Hall–Kier alpha value is -3.67. The van der Waals surface area contributed by atoms with Crippen LogP contribution in [0.2, 0.25) is 5.02 Å². The SMILES string of the molecule is CC(C)(O)c1cn2c(N3CCN(C(=O)CCS(=O)(=O)c4ccc5cc(Cl)ccc5c4)C(C(N)=O)C3)cccc2n1. The van der Waals surface area contributed by atoms with Gasteiger partial charge in [0.15, 0.2) is 9.84 Å². The van der Waals surface area contributed by atoms with Gasteiger partial charge in [0.1, 0.15) is 23.1 Å². The third kappa shape index (κ3) is 5.49. The summed E-state index contributed by atoms with van der Waals surface area (Å²) in [5, 5.41) is 12.5. The molecular formula is C28H30ClN5O5S. The zero-order chi connectivity index (χ0) is 28.8. The van der Waals surface area contributed by atoms with E-state index in [2.05, 4.69) is 4.98 Å². The van der Waals surface area contributed by atoms with Crippen LogP contribution in [0.1, 0.15) is 26.0 Å². The van der Waals surface area contributed by atoms with Crippen LogP contribution in [0, 0.1) is 0 Å². The fourth-order valence-electron chi connectivity index (χ4n) is 4.95. The van der Waals surface area contributed by atoms with Gasteiger partial charge >= 0.3 is 0 Å². The number of imidazole rings is 1. The smallest absolute Gasteiger partial charge is 0.242 e. The van der Waals surface area contributed by atoms with Crippen molar-refractivity contribution in [2.45, 2.75) is 36.8 Å². The normalized spacial score (nSPS) is 16.6. The molecule has 0 radical (unpaired) electrons. The molecule has 1 saturated heterocycles. The van der Waals surface area contributed by atoms with E-state index in [1.807, 2.05) is 27.5 Å². The number of nitrogens with two attached hydrogens (primary N) is 1. The van der Waals surface area contributed by atoms with E-state index in [0.717, 1.165) is 16.6 Å². The molecule has 1 aliphatic rings. The molecule has 5 rings (SSSR count). The van der Waals surface area contributed by atoms with Gasteiger partial charge in [-0.1, -0.05) is 29.8 Å². The van der Waals surface area contributed by atoms with Gasteiger partial charge in [-0.2, -0.15) is 0 Å². The highest BCUT2D eigenvalue weighted by Crippen LogP contribution is 2.27. The first-order chi connectivity index (χ1) is 18.8. The number of aliphatic hydroxyl groups is 1. The molecule has 2 amide bonds. The molecule has 3 heterocycles. The first kappa shape index (κ1) is 27.9. The molecule has 40 heavy (non-hydrogen) atoms. The van der Waals surface area contributed by atoms with E-state index in [1.165, 1.54) is 11.0 Å². The largest absolute Gasteiger partial charge is 0.384 e. The number of primary amides is 1. The Labute approximate surface area is 236 Å². The maximum Gasteiger partial charge on any atom is 0.242 e. The standard InChI is InChI=1S/C28H30ClN5O5S/c1-28(2,37)23-17-34-24(31-23)4-3-5-25(34)32-11-12-33(22(16-32)27(30)36)26(35)10-13-40(38,39)21-9-7-18-14-20(29)8-6-19(18)15-21/h3-9,14-15,17,22,37H,10-13,16H2,1-2H3,(H2,30,36). The number of benzene rings is 2. The topological polar surface area (TPSA) is 138 Å². The van der Waals surface area contributed by atoms with Gasteiger partial charge in [0.25, 0.3) is 0 Å². The van der Waals surface area contributed by atoms with Crippen molar-refractivity contribution >= 4 is 55.5 Å². The van der Waals surface area contributed by atoms with Crippen LogP contribution in [0.4, 0.5) is 5.82 Å². The maximum atomic E-state index is 13.2. The second-order valence-electron chi connectivity index (χ2n) is 10.5. The average molecular weight is 584 g/mol. The van der Waals surface area contributed by atoms with Crippen LogP contribution in [0.25, 0.3) is 16.4 Å². The van der Waals surface area contributed by atoms with Crippen molar-refractivity contribution in [1.82, 2.24) is 14.3 Å². The molecule has 0 spiro atoms. The average Bonchev–Trinajstić information content (AvgIpc) is 3.36. The van der Waals surface area contributed by atoms with Crippen molar-refractivity contribution in [1.29, 1.82) is 0 Å². The molecule has 10 nitrogen and oxygen atoms in total. The van der Waals surface area contributed by atoms with Gasteiger partial charge in [0, 0.05) is 37.3 Å². The first-order valence-corrected chi connectivity index (χ1v) is 14.8. The lowest BCUT2D eigenvalue weighted by Gasteiger charge is -2.41. The molecule has 1 fully saturated rings. The van der Waals surface area contributed by atoms with E-state index in [4.69, 9.17) is 17.3 Å². The van der Waals surface area contributed by atoms with Crippen LogP contribution in [-0.4, -0.2) is 71.1 Å². The number of sulfone groups is 1. The van der Waals surface area contributed by atoms with Crippen LogP contribution in [0.5, 0.6) is 0 Å². The second-order valence-corrected chi connectivity index (χ2v) is 13.0. The number of fused-ring (bicyclic) bond motifs is 2. The third-order valence-corrected chi connectivity index (χ3v) is 9.12. The Morgan fingerprint density at radius 1 is 1.10 bits per heavy atom. The monoisotopic (exact) mass is 583 g/mol. The quantitative estimate of drug-likeness (QED) is 0.341. The fourth-order valence-corrected chi connectivity index (χ4v) is 6.39. The summed E-state index contributed by atoms with van der Waals surface area (Å²) in [6.07, 6.45) is 1.46. The first-order valence-electron chi connectivity index (χ1n) is 12.8. The number of nitrogens with zero attached hydrogens (tertiary/aromatic N) is 4. The highest BCUT2D eigenvalue weighted by Gasteiger charge is 2.35. The number of amides is 2. The van der Waals surface area contributed by atoms with E-state index < -0.39 is 39.0 Å². The van der Waals surface area contributed by atoms with Gasteiger partial charge in [-0.3, -0.25) is 14.0 Å². The van der Waals surface area contributed by atoms with E-state index >= 15 is 0 Å². The van der Waals surface area contributed by atoms with Crippen LogP contribution in [0.3, 0.4) is 0 Å². The molecule has 0 bridgehead atoms. The summed E-state index contributed by atoms with van der Waals surface area (Å²) < 4.78 is 27.9. The fraction of sp³-hybridized carbons (Fsp3) is 0.321. The number of rotatable bonds is 7. The molecule has 1 atom stereocenters. The molecule has 2 aromatic heterocycles. The molecule has 4 aromatic rings. The number of hydrogen-bond donors (Lipinski definition) is 2. The Balaban J connectivity index is 1.31. The number of carbonyl (C=O) groups excluding carboxylic acids is 2. The minimum atomic E-state index is -3.76. The van der Waals surface area contributed by atoms with Gasteiger partial charge in [-0.15, -0.1) is 0 Å². The number of hydrogen-bond acceptors (Lipinski definition) is 7. The number of pyridine rings is 1. The van der Waals surface area contributed by atoms with E-state index in [0.29, 0.717) is 22.9 Å². The Morgan fingerprint density at radius 3 is 2.55 bits per heavy atom. The summed E-state index contributed by atoms with van der Waals surface area (Å²) >= 11 is 6.02. The summed E-state index contributed by atoms with van der Waals surface area (Å²) in [5.74, 6) is -0.794. The van der Waals surface area contributed by atoms with Gasteiger partial charge in [0.2, 0.25) is 11.8 Å². The molecule has 2 aromatic carbocycles. The Morgan fingerprint density at radius 2 is 1.82 bits per heavy atom. The molecule has 3 N–H and O–H groups in total. The van der Waals surface area contributed by atoms with Crippen molar-refractivity contribution in [3.63, 3.8) is 0 Å². The highest BCUT2D eigenvalue weighted by molar-refractivity contribution is 7.91. The maximum absolute atomic E-state index is 13.2. The number of aromatic nitrogens is 2. The Bertz CT molecular complexity index is 1730. The van der Waals surface area contributed by atoms with E-state index in [-0.39, 0.29) is 24.4 Å². The molecule has 1 aliphatic heterocycles. The molecule has 0 aliphatic carbocycles. The molecular weight excluding hydrogens is 554 g/mol. The molecule has 12 heteroatoms. The van der Waals surface area contributed by atoms with Crippen molar-refractivity contribution in [2.24, 2.45) is 5.73 Å². The van der Waals surface area contributed by atoms with Crippen LogP contribution >= 0.6 is 11.6 Å². The minimum Gasteiger partial charge on any atom is -0.384 e. The zero-order valence-electron chi connectivity index (χ0n) is 22.1. The second kappa shape index (κ2) is 10.4. The minimum absolute atomic E-state index is 0.116. The predicted octanol–water partition coefficient (Wildman–Crippen LogP) is 2.73. The van der Waals surface area contributed by atoms with Gasteiger partial charge in [-0.25, -0.2) is 13.4 Å². The predicted molar refractivity (Wildman–Crippen MR) is 153 cm³/mol. The van der Waals surface area contributed by atoms with Crippen molar-refractivity contribution in [2.75, 3.05) is 30.3 Å². The number of anilines is 1. The Kier molecular flexibility index (Phi) is 7.24. The number of piperazine rings is 1. The van der Waals surface area contributed by atoms with E-state index in [9.17, 15) is 23.1 Å².